The number of anilines is 1. The molecular weight excluding hydrogens is 508 g/mol. The van der Waals surface area contributed by atoms with Gasteiger partial charge in [0.25, 0.3) is 11.8 Å². The molecule has 1 atom stereocenters. The minimum Gasteiger partial charge on any atom is -0.479 e. The first-order valence-electron chi connectivity index (χ1n) is 12.1. The van der Waals surface area contributed by atoms with Crippen LogP contribution in [-0.4, -0.2) is 78.5 Å². The van der Waals surface area contributed by atoms with Crippen molar-refractivity contribution in [2.75, 3.05) is 25.5 Å². The van der Waals surface area contributed by atoms with Crippen LogP contribution in [0.3, 0.4) is 0 Å². The third-order valence-corrected chi connectivity index (χ3v) is 7.22. The van der Waals surface area contributed by atoms with Gasteiger partial charge in [-0.05, 0) is 30.2 Å². The molecule has 0 bridgehead atoms. The second-order valence-corrected chi connectivity index (χ2v) is 9.81. The number of fused-ring (bicyclic) bond motifs is 2. The molecule has 2 fully saturated rings. The first-order chi connectivity index (χ1) is 18.0. The van der Waals surface area contributed by atoms with Crippen molar-refractivity contribution in [3.8, 4) is 17.0 Å². The Balaban J connectivity index is 1.32. The van der Waals surface area contributed by atoms with Gasteiger partial charge in [0.15, 0.2) is 0 Å². The summed E-state index contributed by atoms with van der Waals surface area (Å²) in [7, 11) is 1.42. The van der Waals surface area contributed by atoms with Crippen molar-refractivity contribution in [3.63, 3.8) is 0 Å². The number of hydrogen-bond donors (Lipinski definition) is 1. The monoisotopic (exact) mass is 532 g/mol. The zero-order chi connectivity index (χ0) is 26.8. The lowest BCUT2D eigenvalue weighted by molar-refractivity contribution is -0.140. The average Bonchev–Trinajstić information content (AvgIpc) is 3.46. The van der Waals surface area contributed by atoms with Crippen molar-refractivity contribution in [2.24, 2.45) is 0 Å². The molecule has 10 nitrogen and oxygen atoms in total. The van der Waals surface area contributed by atoms with Gasteiger partial charge in [-0.15, -0.1) is 10.2 Å². The lowest BCUT2D eigenvalue weighted by Gasteiger charge is -2.38. The second-order valence-electron chi connectivity index (χ2n) is 9.81. The van der Waals surface area contributed by atoms with Crippen LogP contribution in [0.15, 0.2) is 30.5 Å². The number of ether oxygens (including phenoxy) is 1. The van der Waals surface area contributed by atoms with Crippen LogP contribution in [-0.2, 0) is 4.79 Å². The summed E-state index contributed by atoms with van der Waals surface area (Å²) < 4.78 is 64.9. The number of halogens is 4. The van der Waals surface area contributed by atoms with Crippen LogP contribution < -0.4 is 10.1 Å². The van der Waals surface area contributed by atoms with E-state index in [1.807, 2.05) is 12.1 Å². The van der Waals surface area contributed by atoms with Crippen molar-refractivity contribution >= 4 is 28.4 Å². The predicted octanol–water partition coefficient (Wildman–Crippen LogP) is 3.79. The van der Waals surface area contributed by atoms with Gasteiger partial charge in [0.2, 0.25) is 17.7 Å². The van der Waals surface area contributed by atoms with Gasteiger partial charge in [0.1, 0.15) is 11.0 Å². The van der Waals surface area contributed by atoms with Crippen LogP contribution in [0.25, 0.3) is 27.7 Å². The van der Waals surface area contributed by atoms with Crippen LogP contribution in [0.2, 0.25) is 0 Å². The molecule has 38 heavy (non-hydrogen) atoms. The summed E-state index contributed by atoms with van der Waals surface area (Å²) in [6, 6.07) is 5.49. The molecule has 1 N–H and O–H groups in total. The van der Waals surface area contributed by atoms with Gasteiger partial charge in [-0.1, -0.05) is 11.3 Å². The first-order valence-corrected chi connectivity index (χ1v) is 12.1. The molecule has 1 aliphatic carbocycles. The number of likely N-dealkylation sites (tertiary alicyclic amines) is 1. The highest BCUT2D eigenvalue weighted by atomic mass is 19.3. The lowest BCUT2D eigenvalue weighted by atomic mass is 9.88. The van der Waals surface area contributed by atoms with Gasteiger partial charge < -0.3 is 15.0 Å². The molecule has 1 saturated carbocycles. The molecule has 0 radical (unpaired) electrons. The van der Waals surface area contributed by atoms with E-state index >= 15 is 0 Å². The molecule has 0 spiro atoms. The molecule has 3 aromatic heterocycles. The molecule has 1 aliphatic heterocycles. The van der Waals surface area contributed by atoms with E-state index in [9.17, 15) is 22.4 Å². The average molecular weight is 533 g/mol. The Kier molecular flexibility index (Phi) is 5.47. The topological polar surface area (TPSA) is 102 Å². The van der Waals surface area contributed by atoms with Crippen molar-refractivity contribution in [1.29, 1.82) is 0 Å². The predicted molar refractivity (Wildman–Crippen MR) is 129 cm³/mol. The maximum absolute atomic E-state index is 14.7. The number of nitrogens with one attached hydrogen (secondary N) is 1. The molecule has 1 aromatic carbocycles. The van der Waals surface area contributed by atoms with Crippen LogP contribution in [0.1, 0.15) is 32.2 Å². The highest BCUT2D eigenvalue weighted by molar-refractivity contribution is 5.89. The zero-order valence-corrected chi connectivity index (χ0v) is 20.5. The van der Waals surface area contributed by atoms with Gasteiger partial charge in [0, 0.05) is 38.1 Å². The Bertz CT molecular complexity index is 1540. The number of nitrogens with zero attached hydrogens (tertiary/aromatic N) is 7. The highest BCUT2D eigenvalue weighted by Gasteiger charge is 2.47. The normalized spacial score (nSPS) is 21.0. The fraction of sp³-hybridized carbons (Fsp3) is 0.458. The van der Waals surface area contributed by atoms with Crippen molar-refractivity contribution in [3.05, 3.63) is 30.5 Å². The summed E-state index contributed by atoms with van der Waals surface area (Å²) in [5.74, 6) is -6.14. The maximum atomic E-state index is 14.7. The molecule has 0 unspecified atom stereocenters. The van der Waals surface area contributed by atoms with Gasteiger partial charge in [0.05, 0.1) is 31.3 Å². The molecule has 200 valence electrons. The maximum Gasteiger partial charge on any atom is 0.285 e. The number of alkyl halides is 4. The fourth-order valence-electron chi connectivity index (χ4n) is 5.15. The minimum atomic E-state index is -3.17. The quantitative estimate of drug-likeness (QED) is 0.390. The Labute approximate surface area is 213 Å². The molecule has 4 heterocycles. The summed E-state index contributed by atoms with van der Waals surface area (Å²) in [6.07, 6.45) is 1.12. The number of carbonyl (C=O) groups is 1. The molecule has 14 heteroatoms. The first kappa shape index (κ1) is 24.4. The second kappa shape index (κ2) is 8.53. The minimum absolute atomic E-state index is 0.0296. The molecule has 1 saturated heterocycles. The third kappa shape index (κ3) is 4.07. The number of methoxy groups -OCH3 is 1. The summed E-state index contributed by atoms with van der Waals surface area (Å²) in [4.78, 5) is 17.0. The highest BCUT2D eigenvalue weighted by Crippen LogP contribution is 2.46. The van der Waals surface area contributed by atoms with Gasteiger partial charge in [-0.2, -0.15) is 4.98 Å². The van der Waals surface area contributed by atoms with Crippen LogP contribution >= 0.6 is 0 Å². The van der Waals surface area contributed by atoms with E-state index in [2.05, 4.69) is 25.7 Å². The van der Waals surface area contributed by atoms with E-state index in [1.54, 1.807) is 18.3 Å². The molecule has 4 aromatic rings. The Morgan fingerprint density at radius 3 is 2.66 bits per heavy atom. The molecular formula is C24H24F4N8O2. The summed E-state index contributed by atoms with van der Waals surface area (Å²) in [5, 5.41) is 15.3. The summed E-state index contributed by atoms with van der Waals surface area (Å²) >= 11 is 0. The van der Waals surface area contributed by atoms with Gasteiger partial charge in [-0.3, -0.25) is 4.79 Å². The van der Waals surface area contributed by atoms with Crippen molar-refractivity contribution in [2.45, 2.75) is 50.1 Å². The largest absolute Gasteiger partial charge is 0.479 e. The molecule has 6 rings (SSSR count). The van der Waals surface area contributed by atoms with Crippen molar-refractivity contribution < 1.29 is 27.1 Å². The lowest BCUT2D eigenvalue weighted by Crippen LogP contribution is -2.55. The third-order valence-electron chi connectivity index (χ3n) is 7.22. The number of aromatic nitrogens is 6. The number of carbonyl (C=O) groups excluding carboxylic acids is 1. The SMILES string of the molecule is COc1nc(N[C@@H]2CCN(C(C)=O)CC2(F)F)nn2ccc(-c3ccc4nnn(C5CC(F)(F)C5)c4c3)c12. The molecule has 1 amide bonds. The van der Waals surface area contributed by atoms with E-state index in [1.165, 1.54) is 23.2 Å². The Morgan fingerprint density at radius 1 is 1.18 bits per heavy atom. The van der Waals surface area contributed by atoms with E-state index < -0.39 is 36.4 Å². The van der Waals surface area contributed by atoms with Crippen LogP contribution in [0.5, 0.6) is 5.88 Å². The number of hydrogen-bond acceptors (Lipinski definition) is 7. The Hall–Kier alpha value is -3.97. The smallest absolute Gasteiger partial charge is 0.285 e. The number of benzene rings is 1. The van der Waals surface area contributed by atoms with E-state index in [0.29, 0.717) is 22.1 Å². The number of amides is 1. The van der Waals surface area contributed by atoms with Gasteiger partial charge >= 0.3 is 0 Å². The standard InChI is InChI=1S/C24H24F4N8O2/c1-13(37)34-7-6-19(24(27,28)12-34)29-22-30-21(38-2)20-16(5-8-35(20)32-22)14-3-4-17-18(9-14)36(33-31-17)15-10-23(25,26)11-15/h3-5,8-9,15,19H,6-7,10-12H2,1-2H3,(H,29,32)/t19-/m1/s1. The van der Waals surface area contributed by atoms with Gasteiger partial charge in [-0.25, -0.2) is 26.8 Å². The van der Waals surface area contributed by atoms with E-state index in [-0.39, 0.29) is 37.6 Å². The zero-order valence-electron chi connectivity index (χ0n) is 20.5. The Morgan fingerprint density at radius 2 is 1.97 bits per heavy atom. The number of rotatable bonds is 5. The summed E-state index contributed by atoms with van der Waals surface area (Å²) in [6.45, 7) is 0.782. The van der Waals surface area contributed by atoms with Crippen LogP contribution in [0, 0.1) is 0 Å². The fourth-order valence-corrected chi connectivity index (χ4v) is 5.15. The van der Waals surface area contributed by atoms with E-state index in [4.69, 9.17) is 4.74 Å². The summed E-state index contributed by atoms with van der Waals surface area (Å²) in [5.41, 5.74) is 3.14. The number of piperidine rings is 1. The van der Waals surface area contributed by atoms with E-state index in [0.717, 1.165) is 10.5 Å². The van der Waals surface area contributed by atoms with Crippen molar-refractivity contribution in [1.82, 2.24) is 34.5 Å². The molecule has 2 aliphatic rings. The van der Waals surface area contributed by atoms with Crippen LogP contribution in [0.4, 0.5) is 23.5 Å².